The van der Waals surface area contributed by atoms with Gasteiger partial charge >= 0.3 is 0 Å². The number of aromatic amines is 1. The minimum absolute atomic E-state index is 0.0280. The van der Waals surface area contributed by atoms with Gasteiger partial charge < -0.3 is 19.9 Å². The molecule has 0 bridgehead atoms. The third-order valence-electron chi connectivity index (χ3n) is 5.83. The molecule has 6 nitrogen and oxygen atoms in total. The molecule has 1 heterocycles. The lowest BCUT2D eigenvalue weighted by Gasteiger charge is -2.21. The lowest BCUT2D eigenvalue weighted by atomic mass is 10.0. The molecule has 3 aromatic rings. The molecule has 0 spiro atoms. The number of likely N-dealkylation sites (N-methyl/N-ethyl adjacent to an activating group) is 2. The number of H-pyrrole nitrogens is 1. The normalized spacial score (nSPS) is 13.3. The second kappa shape index (κ2) is 10.4. The number of carbonyl (C=O) groups is 1. The van der Waals surface area contributed by atoms with Crippen molar-refractivity contribution >= 4 is 17.2 Å². The van der Waals surface area contributed by atoms with Crippen LogP contribution in [0.2, 0.25) is 0 Å². The molecule has 31 heavy (non-hydrogen) atoms. The molecular weight excluding hydrogens is 390 g/mol. The molecule has 0 aliphatic heterocycles. The number of benzene rings is 2. The van der Waals surface area contributed by atoms with E-state index in [1.807, 2.05) is 25.1 Å². The van der Waals surface area contributed by atoms with Gasteiger partial charge in [0, 0.05) is 36.8 Å². The Bertz CT molecular complexity index is 1070. The van der Waals surface area contributed by atoms with Crippen molar-refractivity contribution in [3.8, 4) is 11.3 Å². The quantitative estimate of drug-likeness (QED) is 0.569. The van der Waals surface area contributed by atoms with E-state index >= 15 is 0 Å². The highest BCUT2D eigenvalue weighted by molar-refractivity contribution is 5.87. The standard InChI is InChI=1S/C24H29N3O.CH2O2/c1-17-5-4-6-21-22(17)15-23(25-24(21)28)19-9-7-18(8-10-19)16-26(2)13-14-27(3)20-11-12-20;2-1-3/h4-10,15,20H,11-14,16H2,1-3H3,(H,25,28);1H,(H,2,3). The Kier molecular flexibility index (Phi) is 7.60. The van der Waals surface area contributed by atoms with Crippen LogP contribution in [0, 0.1) is 6.92 Å². The van der Waals surface area contributed by atoms with Crippen LogP contribution in [0.15, 0.2) is 53.3 Å². The zero-order valence-corrected chi connectivity index (χ0v) is 18.5. The summed E-state index contributed by atoms with van der Waals surface area (Å²) < 4.78 is 0. The van der Waals surface area contributed by atoms with Gasteiger partial charge in [0.05, 0.1) is 0 Å². The maximum Gasteiger partial charge on any atom is 0.290 e. The lowest BCUT2D eigenvalue weighted by molar-refractivity contribution is -0.122. The van der Waals surface area contributed by atoms with Crippen molar-refractivity contribution in [3.05, 3.63) is 70.0 Å². The van der Waals surface area contributed by atoms with E-state index in [1.165, 1.54) is 18.4 Å². The van der Waals surface area contributed by atoms with Crippen molar-refractivity contribution in [2.75, 3.05) is 27.2 Å². The van der Waals surface area contributed by atoms with Crippen molar-refractivity contribution in [3.63, 3.8) is 0 Å². The van der Waals surface area contributed by atoms with E-state index in [0.29, 0.717) is 0 Å². The Morgan fingerprint density at radius 2 is 1.74 bits per heavy atom. The Morgan fingerprint density at radius 3 is 2.39 bits per heavy atom. The predicted molar refractivity (Wildman–Crippen MR) is 125 cm³/mol. The molecule has 0 radical (unpaired) electrons. The highest BCUT2D eigenvalue weighted by Crippen LogP contribution is 2.25. The molecule has 2 aromatic carbocycles. The van der Waals surface area contributed by atoms with E-state index in [1.54, 1.807) is 0 Å². The summed E-state index contributed by atoms with van der Waals surface area (Å²) in [6.45, 7) is 4.93. The number of aryl methyl sites for hydroxylation is 1. The summed E-state index contributed by atoms with van der Waals surface area (Å²) in [4.78, 5) is 28.7. The third kappa shape index (κ3) is 6.03. The maximum absolute atomic E-state index is 12.5. The highest BCUT2D eigenvalue weighted by Gasteiger charge is 2.25. The fraction of sp³-hybridized carbons (Fsp3) is 0.360. The molecule has 1 aliphatic rings. The summed E-state index contributed by atoms with van der Waals surface area (Å²) in [5.74, 6) is 0. The van der Waals surface area contributed by atoms with Gasteiger partial charge in [0.15, 0.2) is 0 Å². The van der Waals surface area contributed by atoms with Crippen LogP contribution in [0.3, 0.4) is 0 Å². The first-order chi connectivity index (χ1) is 14.9. The second-order valence-corrected chi connectivity index (χ2v) is 8.30. The van der Waals surface area contributed by atoms with Crippen molar-refractivity contribution < 1.29 is 9.90 Å². The summed E-state index contributed by atoms with van der Waals surface area (Å²) in [5, 5.41) is 8.66. The molecule has 0 unspecified atom stereocenters. The Hall–Kier alpha value is -2.96. The largest absolute Gasteiger partial charge is 0.483 e. The summed E-state index contributed by atoms with van der Waals surface area (Å²) in [6, 6.07) is 17.3. The van der Waals surface area contributed by atoms with E-state index < -0.39 is 0 Å². The van der Waals surface area contributed by atoms with Crippen LogP contribution in [0.25, 0.3) is 22.0 Å². The minimum Gasteiger partial charge on any atom is -0.483 e. The van der Waals surface area contributed by atoms with Crippen LogP contribution >= 0.6 is 0 Å². The van der Waals surface area contributed by atoms with E-state index in [4.69, 9.17) is 9.90 Å². The minimum atomic E-state index is -0.250. The smallest absolute Gasteiger partial charge is 0.290 e. The number of rotatable bonds is 7. The first kappa shape index (κ1) is 22.7. The highest BCUT2D eigenvalue weighted by atomic mass is 16.3. The van der Waals surface area contributed by atoms with E-state index in [-0.39, 0.29) is 12.0 Å². The van der Waals surface area contributed by atoms with E-state index in [2.05, 4.69) is 59.2 Å². The number of carboxylic acid groups (broad SMARTS) is 1. The van der Waals surface area contributed by atoms with Crippen molar-refractivity contribution in [1.29, 1.82) is 0 Å². The SMILES string of the molecule is Cc1cccc2c(=O)[nH]c(-c3ccc(CN(C)CCN(C)C4CC4)cc3)cc12.O=CO. The molecule has 0 amide bonds. The summed E-state index contributed by atoms with van der Waals surface area (Å²) >= 11 is 0. The fourth-order valence-electron chi connectivity index (χ4n) is 3.80. The number of nitrogens with one attached hydrogen (secondary N) is 1. The van der Waals surface area contributed by atoms with Gasteiger partial charge in [-0.3, -0.25) is 9.59 Å². The Balaban J connectivity index is 0.000000858. The van der Waals surface area contributed by atoms with Crippen molar-refractivity contribution in [2.45, 2.75) is 32.4 Å². The average molecular weight is 422 g/mol. The van der Waals surface area contributed by atoms with Crippen LogP contribution in [-0.2, 0) is 11.3 Å². The number of hydrogen-bond acceptors (Lipinski definition) is 4. The molecular formula is C25H31N3O3. The molecule has 0 atom stereocenters. The summed E-state index contributed by atoms with van der Waals surface area (Å²) in [7, 11) is 4.41. The molecule has 1 aliphatic carbocycles. The van der Waals surface area contributed by atoms with E-state index in [9.17, 15) is 4.79 Å². The molecule has 1 aromatic heterocycles. The summed E-state index contributed by atoms with van der Waals surface area (Å²) in [5.41, 5.74) is 4.30. The molecule has 1 saturated carbocycles. The number of nitrogens with zero attached hydrogens (tertiary/aromatic N) is 2. The summed E-state index contributed by atoms with van der Waals surface area (Å²) in [6.07, 6.45) is 2.72. The van der Waals surface area contributed by atoms with Crippen LogP contribution in [-0.4, -0.2) is 59.6 Å². The molecule has 4 rings (SSSR count). The third-order valence-corrected chi connectivity index (χ3v) is 5.83. The van der Waals surface area contributed by atoms with Crippen LogP contribution in [0.5, 0.6) is 0 Å². The van der Waals surface area contributed by atoms with Gasteiger partial charge in [-0.1, -0.05) is 36.4 Å². The number of hydrogen-bond donors (Lipinski definition) is 2. The van der Waals surface area contributed by atoms with Gasteiger partial charge in [-0.15, -0.1) is 0 Å². The average Bonchev–Trinajstić information content (AvgIpc) is 3.59. The predicted octanol–water partition coefficient (Wildman–Crippen LogP) is 3.73. The Labute approximate surface area is 183 Å². The maximum atomic E-state index is 12.5. The number of pyridine rings is 1. The van der Waals surface area contributed by atoms with Crippen LogP contribution < -0.4 is 5.56 Å². The fourth-order valence-corrected chi connectivity index (χ4v) is 3.80. The molecule has 164 valence electrons. The second-order valence-electron chi connectivity index (χ2n) is 8.30. The monoisotopic (exact) mass is 421 g/mol. The molecule has 6 heteroatoms. The van der Waals surface area contributed by atoms with Crippen LogP contribution in [0.1, 0.15) is 24.0 Å². The van der Waals surface area contributed by atoms with E-state index in [0.717, 1.165) is 53.3 Å². The van der Waals surface area contributed by atoms with Gasteiger partial charge in [-0.2, -0.15) is 0 Å². The van der Waals surface area contributed by atoms with Crippen molar-refractivity contribution in [2.24, 2.45) is 0 Å². The molecule has 1 fully saturated rings. The topological polar surface area (TPSA) is 76.6 Å². The first-order valence-electron chi connectivity index (χ1n) is 10.6. The van der Waals surface area contributed by atoms with Gasteiger partial charge in [0.1, 0.15) is 0 Å². The van der Waals surface area contributed by atoms with Crippen LogP contribution in [0.4, 0.5) is 0 Å². The Morgan fingerprint density at radius 1 is 1.06 bits per heavy atom. The lowest BCUT2D eigenvalue weighted by Crippen LogP contribution is -2.31. The van der Waals surface area contributed by atoms with Gasteiger partial charge in [0.25, 0.3) is 12.0 Å². The number of fused-ring (bicyclic) bond motifs is 1. The zero-order valence-electron chi connectivity index (χ0n) is 18.5. The van der Waals surface area contributed by atoms with Crippen molar-refractivity contribution in [1.82, 2.24) is 14.8 Å². The zero-order chi connectivity index (χ0) is 22.4. The van der Waals surface area contributed by atoms with Gasteiger partial charge in [0.2, 0.25) is 0 Å². The van der Waals surface area contributed by atoms with Gasteiger partial charge in [-0.25, -0.2) is 0 Å². The first-order valence-corrected chi connectivity index (χ1v) is 10.6. The molecule has 2 N–H and O–H groups in total. The number of aromatic nitrogens is 1. The molecule has 0 saturated heterocycles. The van der Waals surface area contributed by atoms with Gasteiger partial charge in [-0.05, 0) is 68.1 Å².